The lowest BCUT2D eigenvalue weighted by Crippen LogP contribution is -2.08. The Balaban J connectivity index is 3.26. The summed E-state index contributed by atoms with van der Waals surface area (Å²) < 4.78 is 4.77. The first-order valence-electron chi connectivity index (χ1n) is 3.03. The van der Waals surface area contributed by atoms with Gasteiger partial charge in [-0.25, -0.2) is 4.79 Å². The summed E-state index contributed by atoms with van der Waals surface area (Å²) in [4.78, 5) is 9.85. The molecule has 0 aliphatic rings. The Bertz CT molecular complexity index is 93.1. The summed E-state index contributed by atoms with van der Waals surface area (Å²) in [6.07, 6.45) is 2.01. The molecular formula is C6H11BrO2. The lowest BCUT2D eigenvalue weighted by molar-refractivity contribution is 0.129. The monoisotopic (exact) mass is 194 g/mol. The maximum Gasteiger partial charge on any atom is 0.374 e. The van der Waals surface area contributed by atoms with Crippen molar-refractivity contribution in [3.8, 4) is 0 Å². The fourth-order valence-corrected chi connectivity index (χ4v) is 0.943. The van der Waals surface area contributed by atoms with Gasteiger partial charge < -0.3 is 4.74 Å². The molecule has 0 N–H and O–H groups in total. The highest BCUT2D eigenvalue weighted by molar-refractivity contribution is 9.18. The van der Waals surface area contributed by atoms with Crippen LogP contribution in [0.1, 0.15) is 26.7 Å². The van der Waals surface area contributed by atoms with Gasteiger partial charge in [0.25, 0.3) is 0 Å². The molecule has 0 bridgehead atoms. The molecule has 0 heterocycles. The Morgan fingerprint density at radius 2 is 2.33 bits per heavy atom. The van der Waals surface area contributed by atoms with E-state index in [4.69, 9.17) is 4.74 Å². The second-order valence-corrected chi connectivity index (χ2v) is 2.60. The highest BCUT2D eigenvalue weighted by Crippen LogP contribution is 2.03. The third kappa shape index (κ3) is 5.83. The Kier molecular flexibility index (Phi) is 4.77. The normalized spacial score (nSPS) is 12.8. The van der Waals surface area contributed by atoms with Crippen molar-refractivity contribution in [2.24, 2.45) is 0 Å². The molecule has 9 heavy (non-hydrogen) atoms. The summed E-state index contributed by atoms with van der Waals surface area (Å²) in [5.74, 6) is 0. The van der Waals surface area contributed by atoms with E-state index in [1.807, 2.05) is 6.92 Å². The van der Waals surface area contributed by atoms with Crippen molar-refractivity contribution < 1.29 is 9.53 Å². The average Bonchev–Trinajstić information content (AvgIpc) is 1.63. The Morgan fingerprint density at radius 1 is 1.78 bits per heavy atom. The van der Waals surface area contributed by atoms with Crippen LogP contribution in [0.4, 0.5) is 4.79 Å². The molecule has 0 rings (SSSR count). The second-order valence-electron chi connectivity index (χ2n) is 1.95. The number of ether oxygens (including phenoxy) is 1. The minimum absolute atomic E-state index is 0.0434. The summed E-state index contributed by atoms with van der Waals surface area (Å²) in [6, 6.07) is 0. The van der Waals surface area contributed by atoms with Gasteiger partial charge in [0.15, 0.2) is 0 Å². The van der Waals surface area contributed by atoms with Crippen molar-refractivity contribution in [1.29, 1.82) is 0 Å². The minimum atomic E-state index is -0.372. The molecule has 2 nitrogen and oxygen atoms in total. The first-order valence-corrected chi connectivity index (χ1v) is 3.82. The molecule has 0 aliphatic carbocycles. The standard InChI is InChI=1S/C6H11BrO2/c1-3-4-5(2)9-6(7)8/h5H,3-4H2,1-2H3. The Morgan fingerprint density at radius 3 is 2.67 bits per heavy atom. The van der Waals surface area contributed by atoms with E-state index in [1.54, 1.807) is 0 Å². The maximum absolute atomic E-state index is 10.2. The molecule has 3 heteroatoms. The molecule has 0 aromatic carbocycles. The van der Waals surface area contributed by atoms with Gasteiger partial charge in [0.1, 0.15) is 0 Å². The van der Waals surface area contributed by atoms with Gasteiger partial charge in [0.05, 0.1) is 6.10 Å². The highest BCUT2D eigenvalue weighted by Gasteiger charge is 2.02. The van der Waals surface area contributed by atoms with Crippen LogP contribution in [0.15, 0.2) is 0 Å². The quantitative estimate of drug-likeness (QED) is 0.647. The highest BCUT2D eigenvalue weighted by atomic mass is 79.9. The third-order valence-electron chi connectivity index (χ3n) is 0.989. The minimum Gasteiger partial charge on any atom is -0.454 e. The van der Waals surface area contributed by atoms with Gasteiger partial charge in [-0.05, 0) is 13.3 Å². The Hall–Kier alpha value is -0.0500. The van der Waals surface area contributed by atoms with E-state index in [0.717, 1.165) is 12.8 Å². The zero-order chi connectivity index (χ0) is 7.28. The molecule has 0 spiro atoms. The smallest absolute Gasteiger partial charge is 0.374 e. The summed E-state index contributed by atoms with van der Waals surface area (Å²) in [5, 5.41) is 0. The molecule has 1 unspecified atom stereocenters. The van der Waals surface area contributed by atoms with E-state index in [2.05, 4.69) is 22.9 Å². The van der Waals surface area contributed by atoms with E-state index in [9.17, 15) is 4.79 Å². The number of halogens is 1. The van der Waals surface area contributed by atoms with Gasteiger partial charge in [-0.3, -0.25) is 0 Å². The van der Waals surface area contributed by atoms with Crippen LogP contribution in [-0.4, -0.2) is 11.0 Å². The van der Waals surface area contributed by atoms with Gasteiger partial charge in [-0.15, -0.1) is 0 Å². The summed E-state index contributed by atoms with van der Waals surface area (Å²) in [7, 11) is 0. The van der Waals surface area contributed by atoms with Crippen molar-refractivity contribution in [2.45, 2.75) is 32.8 Å². The molecule has 0 amide bonds. The predicted octanol–water partition coefficient (Wildman–Crippen LogP) is 2.71. The molecule has 0 saturated carbocycles. The zero-order valence-corrected chi connectivity index (χ0v) is 7.27. The average molecular weight is 195 g/mol. The molecular weight excluding hydrogens is 184 g/mol. The molecule has 0 aromatic rings. The van der Waals surface area contributed by atoms with Crippen LogP contribution in [-0.2, 0) is 4.74 Å². The maximum atomic E-state index is 10.2. The SMILES string of the molecule is CCCC(C)OC(=O)Br. The van der Waals surface area contributed by atoms with Crippen LogP contribution in [0.3, 0.4) is 0 Å². The molecule has 1 atom stereocenters. The summed E-state index contributed by atoms with van der Waals surface area (Å²) in [5.41, 5.74) is 0. The number of carbonyl (C=O) groups excluding carboxylic acids is 1. The molecule has 0 radical (unpaired) electrons. The fraction of sp³-hybridized carbons (Fsp3) is 0.833. The first kappa shape index (κ1) is 8.95. The van der Waals surface area contributed by atoms with E-state index in [1.165, 1.54) is 0 Å². The molecule has 0 aliphatic heterocycles. The Labute approximate surface area is 63.7 Å². The third-order valence-corrected chi connectivity index (χ3v) is 1.18. The predicted molar refractivity (Wildman–Crippen MR) is 39.8 cm³/mol. The van der Waals surface area contributed by atoms with Crippen molar-refractivity contribution in [3.63, 3.8) is 0 Å². The number of rotatable bonds is 3. The summed E-state index contributed by atoms with van der Waals surface area (Å²) >= 11 is 2.68. The topological polar surface area (TPSA) is 26.3 Å². The number of carbonyl (C=O) groups is 1. The van der Waals surface area contributed by atoms with Crippen LogP contribution >= 0.6 is 15.9 Å². The van der Waals surface area contributed by atoms with Gasteiger partial charge in [0.2, 0.25) is 0 Å². The second kappa shape index (κ2) is 4.79. The van der Waals surface area contributed by atoms with E-state index >= 15 is 0 Å². The lowest BCUT2D eigenvalue weighted by Gasteiger charge is -2.07. The van der Waals surface area contributed by atoms with Crippen LogP contribution in [0.25, 0.3) is 0 Å². The van der Waals surface area contributed by atoms with Crippen LogP contribution in [0, 0.1) is 0 Å². The molecule has 0 aromatic heterocycles. The van der Waals surface area contributed by atoms with Gasteiger partial charge in [-0.1, -0.05) is 13.3 Å². The molecule has 54 valence electrons. The number of hydrogen-bond donors (Lipinski definition) is 0. The van der Waals surface area contributed by atoms with Crippen LogP contribution < -0.4 is 0 Å². The molecule has 0 saturated heterocycles. The van der Waals surface area contributed by atoms with Gasteiger partial charge >= 0.3 is 4.88 Å². The van der Waals surface area contributed by atoms with E-state index in [0.29, 0.717) is 0 Å². The van der Waals surface area contributed by atoms with Gasteiger partial charge in [-0.2, -0.15) is 0 Å². The zero-order valence-electron chi connectivity index (χ0n) is 5.69. The first-order chi connectivity index (χ1) is 4.16. The van der Waals surface area contributed by atoms with E-state index in [-0.39, 0.29) is 11.0 Å². The van der Waals surface area contributed by atoms with Crippen LogP contribution in [0.5, 0.6) is 0 Å². The largest absolute Gasteiger partial charge is 0.454 e. The number of hydrogen-bond acceptors (Lipinski definition) is 2. The van der Waals surface area contributed by atoms with Crippen LogP contribution in [0.2, 0.25) is 0 Å². The van der Waals surface area contributed by atoms with Crippen molar-refractivity contribution in [2.75, 3.05) is 0 Å². The van der Waals surface area contributed by atoms with Crippen molar-refractivity contribution >= 4 is 20.8 Å². The lowest BCUT2D eigenvalue weighted by atomic mass is 10.2. The summed E-state index contributed by atoms with van der Waals surface area (Å²) in [6.45, 7) is 3.93. The van der Waals surface area contributed by atoms with E-state index < -0.39 is 0 Å². The molecule has 0 fully saturated rings. The fourth-order valence-electron chi connectivity index (χ4n) is 0.624. The van der Waals surface area contributed by atoms with Gasteiger partial charge in [0, 0.05) is 15.9 Å². The van der Waals surface area contributed by atoms with Crippen molar-refractivity contribution in [1.82, 2.24) is 0 Å². The van der Waals surface area contributed by atoms with Crippen molar-refractivity contribution in [3.05, 3.63) is 0 Å².